The molecule has 0 aliphatic rings. The van der Waals surface area contributed by atoms with Crippen molar-refractivity contribution in [2.24, 2.45) is 0 Å². The normalized spacial score (nSPS) is 11.6. The highest BCUT2D eigenvalue weighted by Crippen LogP contribution is 2.40. The molecule has 0 N–H and O–H groups in total. The van der Waals surface area contributed by atoms with Gasteiger partial charge < -0.3 is 9.13 Å². The van der Waals surface area contributed by atoms with E-state index in [0.717, 1.165) is 22.5 Å². The van der Waals surface area contributed by atoms with Crippen molar-refractivity contribution in [3.8, 4) is 78.1 Å². The highest BCUT2D eigenvalue weighted by Gasteiger charge is 2.17. The summed E-state index contributed by atoms with van der Waals surface area (Å²) in [5, 5.41) is 4.98. The van der Waals surface area contributed by atoms with Gasteiger partial charge in [-0.05, 0) is 183 Å². The molecule has 14 rings (SSSR count). The van der Waals surface area contributed by atoms with Gasteiger partial charge >= 0.3 is 0 Å². The second-order valence-electron chi connectivity index (χ2n) is 21.9. The van der Waals surface area contributed by atoms with Crippen molar-refractivity contribution in [1.29, 1.82) is 0 Å². The maximum absolute atomic E-state index is 4.12. The van der Waals surface area contributed by atoms with Gasteiger partial charge in [-0.1, -0.05) is 249 Å². The molecule has 14 aromatic rings. The topological polar surface area (TPSA) is 9.86 Å². The first-order valence-electron chi connectivity index (χ1n) is 29.0. The molecule has 0 saturated heterocycles. The Morgan fingerprint density at radius 3 is 1.26 bits per heavy atom. The van der Waals surface area contributed by atoms with E-state index in [0.29, 0.717) is 0 Å². The number of benzene rings is 12. The molecule has 0 aliphatic heterocycles. The van der Waals surface area contributed by atoms with E-state index in [-0.39, 0.29) is 0 Å². The van der Waals surface area contributed by atoms with Crippen molar-refractivity contribution < 1.29 is 0 Å². The van der Waals surface area contributed by atoms with E-state index in [4.69, 9.17) is 0 Å². The maximum atomic E-state index is 4.12. The summed E-state index contributed by atoms with van der Waals surface area (Å²) < 4.78 is 4.80. The summed E-state index contributed by atoms with van der Waals surface area (Å²) in [5.41, 5.74) is 27.8. The molecule has 0 atom stereocenters. The predicted molar refractivity (Wildman–Crippen MR) is 361 cm³/mol. The van der Waals surface area contributed by atoms with E-state index >= 15 is 0 Å². The lowest BCUT2D eigenvalue weighted by Crippen LogP contribution is -1.95. The van der Waals surface area contributed by atoms with Crippen molar-refractivity contribution >= 4 is 49.2 Å². The van der Waals surface area contributed by atoms with E-state index < -0.39 is 0 Å². The quantitative estimate of drug-likeness (QED) is 0.114. The number of fused-ring (bicyclic) bond motifs is 6. The van der Waals surface area contributed by atoms with Crippen molar-refractivity contribution in [2.45, 2.75) is 27.7 Å². The van der Waals surface area contributed by atoms with Gasteiger partial charge in [0.05, 0.1) is 22.1 Å². The van der Waals surface area contributed by atoms with Gasteiger partial charge in [0.25, 0.3) is 0 Å². The lowest BCUT2D eigenvalue weighted by atomic mass is 9.93. The number of hydrogen-bond acceptors (Lipinski definition) is 0. The molecule has 0 aliphatic carbocycles. The molecule has 0 saturated carbocycles. The lowest BCUT2D eigenvalue weighted by molar-refractivity contribution is 1.18. The van der Waals surface area contributed by atoms with Crippen molar-refractivity contribution in [2.75, 3.05) is 0 Å². The first-order chi connectivity index (χ1) is 41.3. The largest absolute Gasteiger partial charge is 0.309 e. The Hall–Kier alpha value is -10.5. The number of hydrogen-bond donors (Lipinski definition) is 0. The van der Waals surface area contributed by atoms with Crippen molar-refractivity contribution in [1.82, 2.24) is 9.13 Å². The summed E-state index contributed by atoms with van der Waals surface area (Å²) in [6.45, 7) is 12.7. The van der Waals surface area contributed by atoms with Crippen LogP contribution in [-0.2, 0) is 0 Å². The average molecular weight is 1080 g/mol. The summed E-state index contributed by atoms with van der Waals surface area (Å²) >= 11 is 0. The van der Waals surface area contributed by atoms with E-state index in [2.05, 4.69) is 328 Å². The minimum atomic E-state index is 1.09. The summed E-state index contributed by atoms with van der Waals surface area (Å²) in [7, 11) is 0. The minimum Gasteiger partial charge on any atom is -0.309 e. The zero-order valence-corrected chi connectivity index (χ0v) is 48.0. The van der Waals surface area contributed by atoms with Crippen molar-refractivity contribution in [3.63, 3.8) is 0 Å². The number of aryl methyl sites for hydroxylation is 3. The fraction of sp³-hybridized carbons (Fsp3) is 0.0488. The number of rotatable bonds is 11. The molecule has 0 radical (unpaired) electrons. The van der Waals surface area contributed by atoms with E-state index in [1.165, 1.54) is 127 Å². The van der Waals surface area contributed by atoms with Crippen LogP contribution in [0, 0.1) is 20.8 Å². The third-order valence-corrected chi connectivity index (χ3v) is 16.5. The number of nitrogens with zero attached hydrogens (tertiary/aromatic N) is 2. The van der Waals surface area contributed by atoms with Gasteiger partial charge in [-0.3, -0.25) is 0 Å². The number of para-hydroxylation sites is 2. The van der Waals surface area contributed by atoms with Crippen LogP contribution in [0.2, 0.25) is 0 Å². The highest BCUT2D eigenvalue weighted by molar-refractivity contribution is 6.11. The van der Waals surface area contributed by atoms with Crippen LogP contribution in [-0.4, -0.2) is 9.13 Å². The molecule has 0 bridgehead atoms. The third kappa shape index (κ3) is 10.3. The second kappa shape index (κ2) is 23.1. The minimum absolute atomic E-state index is 1.09. The van der Waals surface area contributed by atoms with Crippen LogP contribution in [0.5, 0.6) is 0 Å². The SMILES string of the molecule is C=C/C(=C\C=C/C)c1ccc2c3ccccc3n(-c3ccc(-c4cc(-c5ccc(C)cc5)cc(-c5ccc(-n6c7ccccc7c7ccc(-c8ccccc8)cc76)cc5)c4)cc3)c2c1.Cc1ccccc1-c1ccc(-c2ccccc2)cc1C. The monoisotopic (exact) mass is 1080 g/mol. The molecule has 84 heavy (non-hydrogen) atoms. The Kier molecular flexibility index (Phi) is 14.5. The molecule has 2 heterocycles. The van der Waals surface area contributed by atoms with Crippen LogP contribution in [0.1, 0.15) is 29.2 Å². The molecule has 2 nitrogen and oxygen atoms in total. The van der Waals surface area contributed by atoms with Crippen LogP contribution >= 0.6 is 0 Å². The Morgan fingerprint density at radius 1 is 0.321 bits per heavy atom. The zero-order valence-electron chi connectivity index (χ0n) is 48.0. The number of allylic oxidation sites excluding steroid dienone is 5. The lowest BCUT2D eigenvalue weighted by Gasteiger charge is -2.14. The summed E-state index contributed by atoms with van der Waals surface area (Å²) in [5.74, 6) is 0. The van der Waals surface area contributed by atoms with Crippen molar-refractivity contribution in [3.05, 3.63) is 332 Å². The average Bonchev–Trinajstić information content (AvgIpc) is 2.74. The molecule has 0 fully saturated rings. The van der Waals surface area contributed by atoms with Gasteiger partial charge in [-0.25, -0.2) is 0 Å². The molecule has 2 aromatic heterocycles. The van der Waals surface area contributed by atoms with Crippen LogP contribution < -0.4 is 0 Å². The Bertz CT molecular complexity index is 4780. The standard InChI is InChI=1S/C62H46N2.C20H18/c1-4-6-14-43(5-2)48-29-35-57-55-17-10-12-19-59(55)63(61(57)40-48)53-31-25-46(26-32-53)51-37-50(45-23-21-42(3)22-24-45)38-52(39-51)47-27-33-54(34-28-47)64-60-20-13-11-18-56(60)58-36-30-49(41-62(58)64)44-15-8-7-9-16-44;1-15-8-6-7-11-19(15)20-13-12-18(14-16(20)2)17-9-4-3-5-10-17/h4-41H,2H2,1,3H3;3-14H,1-2H3/b6-4-,43-14+;. The smallest absolute Gasteiger partial charge is 0.0547 e. The summed E-state index contributed by atoms with van der Waals surface area (Å²) in [6.07, 6.45) is 8.17. The fourth-order valence-electron chi connectivity index (χ4n) is 12.1. The second-order valence-corrected chi connectivity index (χ2v) is 21.9. The van der Waals surface area contributed by atoms with Crippen LogP contribution in [0.4, 0.5) is 0 Å². The summed E-state index contributed by atoms with van der Waals surface area (Å²) in [4.78, 5) is 0. The van der Waals surface area contributed by atoms with E-state index in [9.17, 15) is 0 Å². The molecular formula is C82H64N2. The van der Waals surface area contributed by atoms with Gasteiger partial charge in [0.15, 0.2) is 0 Å². The number of aromatic nitrogens is 2. The maximum Gasteiger partial charge on any atom is 0.0547 e. The molecule has 2 heteroatoms. The fourth-order valence-corrected chi connectivity index (χ4v) is 12.1. The Balaban J connectivity index is 0.000000277. The first-order valence-corrected chi connectivity index (χ1v) is 29.0. The van der Waals surface area contributed by atoms with Crippen LogP contribution in [0.15, 0.2) is 310 Å². The van der Waals surface area contributed by atoms with Gasteiger partial charge in [0, 0.05) is 32.9 Å². The van der Waals surface area contributed by atoms with Gasteiger partial charge in [-0.15, -0.1) is 0 Å². The van der Waals surface area contributed by atoms with Gasteiger partial charge in [0.1, 0.15) is 0 Å². The molecule has 402 valence electrons. The Labute approximate surface area is 493 Å². The molecule has 12 aromatic carbocycles. The van der Waals surface area contributed by atoms with Crippen LogP contribution in [0.25, 0.3) is 127 Å². The van der Waals surface area contributed by atoms with E-state index in [1.807, 2.05) is 19.1 Å². The van der Waals surface area contributed by atoms with Gasteiger partial charge in [-0.2, -0.15) is 0 Å². The molecular weight excluding hydrogens is 1010 g/mol. The van der Waals surface area contributed by atoms with Gasteiger partial charge in [0.2, 0.25) is 0 Å². The molecule has 0 unspecified atom stereocenters. The predicted octanol–water partition coefficient (Wildman–Crippen LogP) is 22.6. The third-order valence-electron chi connectivity index (χ3n) is 16.5. The zero-order chi connectivity index (χ0) is 57.1. The highest BCUT2D eigenvalue weighted by atomic mass is 15.0. The molecule has 0 amide bonds. The Morgan fingerprint density at radius 2 is 0.738 bits per heavy atom. The summed E-state index contributed by atoms with van der Waals surface area (Å²) in [6, 6.07) is 102. The first kappa shape index (κ1) is 52.8. The van der Waals surface area contributed by atoms with E-state index in [1.54, 1.807) is 0 Å². The molecule has 0 spiro atoms. The van der Waals surface area contributed by atoms with Crippen LogP contribution in [0.3, 0.4) is 0 Å².